The van der Waals surface area contributed by atoms with Gasteiger partial charge in [-0.3, -0.25) is 4.79 Å². The van der Waals surface area contributed by atoms with Gasteiger partial charge in [0.25, 0.3) is 0 Å². The van der Waals surface area contributed by atoms with E-state index in [4.69, 9.17) is 5.11 Å². The number of halogens is 2. The van der Waals surface area contributed by atoms with Gasteiger partial charge in [0.1, 0.15) is 0 Å². The quantitative estimate of drug-likeness (QED) is 0.647. The van der Waals surface area contributed by atoms with E-state index in [1.165, 1.54) is 0 Å². The summed E-state index contributed by atoms with van der Waals surface area (Å²) in [6, 6.07) is 0. The number of hydrogen-bond acceptors (Lipinski definition) is 2. The van der Waals surface area contributed by atoms with Gasteiger partial charge in [-0.25, -0.2) is 8.78 Å². The predicted octanol–water partition coefficient (Wildman–Crippen LogP) is 0.140. The first kappa shape index (κ1) is 9.38. The van der Waals surface area contributed by atoms with Crippen LogP contribution in [-0.2, 0) is 4.79 Å². The van der Waals surface area contributed by atoms with Gasteiger partial charge in [-0.1, -0.05) is 0 Å². The Bertz CT molecular complexity index is 176. The van der Waals surface area contributed by atoms with Gasteiger partial charge in [0.15, 0.2) is 0 Å². The number of nitrogens with one attached hydrogen (secondary N) is 1. The van der Waals surface area contributed by atoms with Crippen molar-refractivity contribution in [3.8, 4) is 0 Å². The van der Waals surface area contributed by atoms with E-state index in [0.29, 0.717) is 0 Å². The highest BCUT2D eigenvalue weighted by molar-refractivity contribution is 5.79. The van der Waals surface area contributed by atoms with Gasteiger partial charge in [0.2, 0.25) is 11.8 Å². The van der Waals surface area contributed by atoms with Crippen LogP contribution in [0.5, 0.6) is 0 Å². The van der Waals surface area contributed by atoms with E-state index >= 15 is 0 Å². The van der Waals surface area contributed by atoms with Crippen molar-refractivity contribution in [3.05, 3.63) is 0 Å². The number of rotatable bonds is 3. The van der Waals surface area contributed by atoms with Crippen LogP contribution < -0.4 is 5.32 Å². The third-order valence-corrected chi connectivity index (χ3v) is 1.87. The Morgan fingerprint density at radius 3 is 2.58 bits per heavy atom. The predicted molar refractivity (Wildman–Crippen MR) is 37.8 cm³/mol. The first-order chi connectivity index (χ1) is 5.55. The molecule has 1 aliphatic carbocycles. The maximum absolute atomic E-state index is 12.2. The minimum atomic E-state index is -2.65. The Kier molecular flexibility index (Phi) is 2.62. The highest BCUT2D eigenvalue weighted by Gasteiger charge is 2.48. The highest BCUT2D eigenvalue weighted by atomic mass is 19.3. The molecule has 0 unspecified atom stereocenters. The summed E-state index contributed by atoms with van der Waals surface area (Å²) in [7, 11) is 0. The summed E-state index contributed by atoms with van der Waals surface area (Å²) in [5.41, 5.74) is 0. The van der Waals surface area contributed by atoms with Gasteiger partial charge in [0.05, 0.1) is 6.61 Å². The molecule has 0 aromatic rings. The number of hydrogen-bond donors (Lipinski definition) is 2. The number of carbonyl (C=O) groups excluding carboxylic acids is 1. The number of aliphatic hydroxyl groups excluding tert-OH is 1. The average molecular weight is 179 g/mol. The number of alkyl halides is 2. The van der Waals surface area contributed by atoms with E-state index in [1.54, 1.807) is 0 Å². The molecule has 12 heavy (non-hydrogen) atoms. The summed E-state index contributed by atoms with van der Waals surface area (Å²) in [6.07, 6.45) is -0.714. The fourth-order valence-corrected chi connectivity index (χ4v) is 1.17. The van der Waals surface area contributed by atoms with Crippen LogP contribution >= 0.6 is 0 Å². The van der Waals surface area contributed by atoms with Crippen LogP contribution in [0.15, 0.2) is 0 Å². The lowest BCUT2D eigenvalue weighted by Gasteiger charge is -2.33. The molecule has 1 saturated carbocycles. The van der Waals surface area contributed by atoms with Crippen LogP contribution in [0.2, 0.25) is 0 Å². The van der Waals surface area contributed by atoms with Gasteiger partial charge in [-0.05, 0) is 0 Å². The van der Waals surface area contributed by atoms with Crippen molar-refractivity contribution >= 4 is 5.91 Å². The summed E-state index contributed by atoms with van der Waals surface area (Å²) < 4.78 is 24.5. The van der Waals surface area contributed by atoms with Crippen LogP contribution in [-0.4, -0.2) is 30.1 Å². The van der Waals surface area contributed by atoms with Gasteiger partial charge in [0, 0.05) is 25.3 Å². The summed E-state index contributed by atoms with van der Waals surface area (Å²) >= 11 is 0. The Labute approximate surface area is 68.8 Å². The van der Waals surface area contributed by atoms with Gasteiger partial charge in [-0.15, -0.1) is 0 Å². The molecular formula is C7H11F2NO2. The molecule has 3 nitrogen and oxygen atoms in total. The number of amides is 1. The fourth-order valence-electron chi connectivity index (χ4n) is 1.17. The second-order valence-corrected chi connectivity index (χ2v) is 2.98. The van der Waals surface area contributed by atoms with Gasteiger partial charge >= 0.3 is 0 Å². The SMILES string of the molecule is O=C(NCCO)C1CC(F)(F)C1. The summed E-state index contributed by atoms with van der Waals surface area (Å²) in [5, 5.41) is 10.7. The zero-order valence-corrected chi connectivity index (χ0v) is 6.52. The molecule has 0 aromatic carbocycles. The molecule has 1 fully saturated rings. The van der Waals surface area contributed by atoms with Crippen molar-refractivity contribution in [2.24, 2.45) is 5.92 Å². The summed E-state index contributed by atoms with van der Waals surface area (Å²) in [6.45, 7) is -0.0181. The second-order valence-electron chi connectivity index (χ2n) is 2.98. The lowest BCUT2D eigenvalue weighted by atomic mass is 9.81. The Hall–Kier alpha value is -0.710. The monoisotopic (exact) mass is 179 g/mol. The first-order valence-electron chi connectivity index (χ1n) is 3.81. The molecule has 0 saturated heterocycles. The molecule has 0 atom stereocenters. The van der Waals surface area contributed by atoms with Crippen LogP contribution in [0.1, 0.15) is 12.8 Å². The largest absolute Gasteiger partial charge is 0.395 e. The van der Waals surface area contributed by atoms with Crippen molar-refractivity contribution < 1.29 is 18.7 Å². The minimum absolute atomic E-state index is 0.140. The third-order valence-electron chi connectivity index (χ3n) is 1.87. The molecule has 70 valence electrons. The molecule has 5 heteroatoms. The lowest BCUT2D eigenvalue weighted by Crippen LogP contribution is -2.45. The van der Waals surface area contributed by atoms with E-state index in [0.717, 1.165) is 0 Å². The van der Waals surface area contributed by atoms with Crippen LogP contribution in [0.3, 0.4) is 0 Å². The Morgan fingerprint density at radius 2 is 2.17 bits per heavy atom. The number of carbonyl (C=O) groups is 1. The highest BCUT2D eigenvalue weighted by Crippen LogP contribution is 2.42. The topological polar surface area (TPSA) is 49.3 Å². The summed E-state index contributed by atoms with van der Waals surface area (Å²) in [5.74, 6) is -3.59. The molecule has 0 radical (unpaired) electrons. The van der Waals surface area contributed by atoms with Crippen molar-refractivity contribution in [1.82, 2.24) is 5.32 Å². The van der Waals surface area contributed by atoms with E-state index in [9.17, 15) is 13.6 Å². The van der Waals surface area contributed by atoms with Crippen LogP contribution in [0.25, 0.3) is 0 Å². The van der Waals surface area contributed by atoms with E-state index in [2.05, 4.69) is 5.32 Å². The van der Waals surface area contributed by atoms with Crippen LogP contribution in [0.4, 0.5) is 8.78 Å². The standard InChI is InChI=1S/C7H11F2NO2/c8-7(9)3-5(4-7)6(12)10-1-2-11/h5,11H,1-4H2,(H,10,12). The average Bonchev–Trinajstić information content (AvgIpc) is 1.95. The smallest absolute Gasteiger partial charge is 0.249 e. The molecule has 0 heterocycles. The fraction of sp³-hybridized carbons (Fsp3) is 0.857. The van der Waals surface area contributed by atoms with E-state index < -0.39 is 11.8 Å². The molecule has 0 bridgehead atoms. The second kappa shape index (κ2) is 3.35. The van der Waals surface area contributed by atoms with Crippen molar-refractivity contribution in [2.45, 2.75) is 18.8 Å². The molecule has 1 amide bonds. The minimum Gasteiger partial charge on any atom is -0.395 e. The maximum atomic E-state index is 12.2. The maximum Gasteiger partial charge on any atom is 0.249 e. The molecule has 1 aliphatic rings. The zero-order chi connectivity index (χ0) is 9.19. The van der Waals surface area contributed by atoms with Crippen molar-refractivity contribution in [3.63, 3.8) is 0 Å². The van der Waals surface area contributed by atoms with Gasteiger partial charge in [-0.2, -0.15) is 0 Å². The van der Waals surface area contributed by atoms with E-state index in [1.807, 2.05) is 0 Å². The normalized spacial score (nSPS) is 21.6. The number of aliphatic hydroxyl groups is 1. The Morgan fingerprint density at radius 1 is 1.58 bits per heavy atom. The van der Waals surface area contributed by atoms with Crippen molar-refractivity contribution in [1.29, 1.82) is 0 Å². The summed E-state index contributed by atoms with van der Waals surface area (Å²) in [4.78, 5) is 10.9. The van der Waals surface area contributed by atoms with Crippen LogP contribution in [0, 0.1) is 5.92 Å². The Balaban J connectivity index is 2.19. The molecule has 0 spiro atoms. The first-order valence-corrected chi connectivity index (χ1v) is 3.81. The lowest BCUT2D eigenvalue weighted by molar-refractivity contribution is -0.150. The molecular weight excluding hydrogens is 168 g/mol. The molecule has 1 rings (SSSR count). The van der Waals surface area contributed by atoms with Gasteiger partial charge < -0.3 is 10.4 Å². The van der Waals surface area contributed by atoms with E-state index in [-0.39, 0.29) is 31.9 Å². The third kappa shape index (κ3) is 2.14. The van der Waals surface area contributed by atoms with Crippen molar-refractivity contribution in [2.75, 3.05) is 13.2 Å². The molecule has 0 aromatic heterocycles. The molecule has 0 aliphatic heterocycles. The molecule has 2 N–H and O–H groups in total. The zero-order valence-electron chi connectivity index (χ0n) is 6.52.